The molecule has 2 N–H and O–H groups in total. The van der Waals surface area contributed by atoms with Crippen molar-refractivity contribution in [3.63, 3.8) is 0 Å². The zero-order valence-electron chi connectivity index (χ0n) is 19.1. The predicted molar refractivity (Wildman–Crippen MR) is 122 cm³/mol. The largest absolute Gasteiger partial charge is 0.490 e. The van der Waals surface area contributed by atoms with E-state index in [-0.39, 0.29) is 32.1 Å². The Morgan fingerprint density at radius 3 is 2.75 bits per heavy atom. The van der Waals surface area contributed by atoms with Crippen molar-refractivity contribution in [2.75, 3.05) is 26.3 Å². The zero-order chi connectivity index (χ0) is 23.5. The number of carbonyl (C=O) groups excluding carboxylic acids is 2. The number of aryl methyl sites for hydroxylation is 2. The van der Waals surface area contributed by atoms with Crippen molar-refractivity contribution in [3.05, 3.63) is 46.2 Å². The van der Waals surface area contributed by atoms with Gasteiger partial charge in [0.1, 0.15) is 23.7 Å². The molecule has 1 aliphatic heterocycles. The average molecular weight is 463 g/mol. The maximum Gasteiger partial charge on any atom is 0.272 e. The highest BCUT2D eigenvalue weighted by molar-refractivity contribution is 6.31. The van der Waals surface area contributed by atoms with Gasteiger partial charge in [-0.1, -0.05) is 25.4 Å². The van der Waals surface area contributed by atoms with E-state index in [2.05, 4.69) is 18.9 Å². The minimum Gasteiger partial charge on any atom is -0.490 e. The lowest BCUT2D eigenvalue weighted by Crippen LogP contribution is -2.58. The van der Waals surface area contributed by atoms with Crippen LogP contribution in [0.4, 0.5) is 0 Å². The van der Waals surface area contributed by atoms with E-state index in [4.69, 9.17) is 26.8 Å². The molecule has 3 rings (SSSR count). The van der Waals surface area contributed by atoms with Gasteiger partial charge in [-0.15, -0.1) is 0 Å². The third-order valence-electron chi connectivity index (χ3n) is 5.43. The molecule has 1 aromatic heterocycles. The second kappa shape index (κ2) is 9.92. The number of hydrogen-bond donors (Lipinski definition) is 1. The van der Waals surface area contributed by atoms with Crippen molar-refractivity contribution in [1.82, 2.24) is 14.7 Å². The molecule has 1 aromatic carbocycles. The number of primary amides is 1. The second-order valence-electron chi connectivity index (χ2n) is 8.84. The van der Waals surface area contributed by atoms with Crippen LogP contribution in [0.2, 0.25) is 5.02 Å². The quantitative estimate of drug-likeness (QED) is 0.650. The third-order valence-corrected chi connectivity index (χ3v) is 5.85. The maximum absolute atomic E-state index is 13.3. The monoisotopic (exact) mass is 462 g/mol. The number of rotatable bonds is 8. The molecule has 32 heavy (non-hydrogen) atoms. The Balaban J connectivity index is 1.78. The number of benzene rings is 1. The molecule has 0 spiro atoms. The molecule has 0 saturated carbocycles. The molecular weight excluding hydrogens is 432 g/mol. The highest BCUT2D eigenvalue weighted by atomic mass is 35.5. The van der Waals surface area contributed by atoms with Gasteiger partial charge in [-0.25, -0.2) is 0 Å². The van der Waals surface area contributed by atoms with Crippen LogP contribution < -0.4 is 10.5 Å². The third kappa shape index (κ3) is 5.81. The standard InChI is InChI=1S/C23H31ClN4O4/c1-15(2)9-17-11-20(27(4)26-17)22(30)28-7-8-32-23(13-28,12-21(25)29)14-31-18-5-6-19(24)16(3)10-18/h5-6,10-11,15H,7-9,12-14H2,1-4H3,(H2,25,29)/t23-/m0/s1. The summed E-state index contributed by atoms with van der Waals surface area (Å²) >= 11 is 6.09. The normalized spacial score (nSPS) is 18.8. The molecule has 1 saturated heterocycles. The van der Waals surface area contributed by atoms with E-state index < -0.39 is 11.5 Å². The first-order valence-electron chi connectivity index (χ1n) is 10.7. The summed E-state index contributed by atoms with van der Waals surface area (Å²) in [5.41, 5.74) is 6.74. The van der Waals surface area contributed by atoms with Crippen LogP contribution in [-0.2, 0) is 23.0 Å². The molecule has 174 valence electrons. The van der Waals surface area contributed by atoms with E-state index in [0.29, 0.717) is 28.9 Å². The van der Waals surface area contributed by atoms with Gasteiger partial charge in [-0.05, 0) is 49.1 Å². The first kappa shape index (κ1) is 24.1. The number of amides is 2. The van der Waals surface area contributed by atoms with E-state index >= 15 is 0 Å². The summed E-state index contributed by atoms with van der Waals surface area (Å²) in [4.78, 5) is 26.8. The number of morpholine rings is 1. The molecular formula is C23H31ClN4O4. The lowest BCUT2D eigenvalue weighted by Gasteiger charge is -2.41. The fourth-order valence-corrected chi connectivity index (χ4v) is 4.03. The van der Waals surface area contributed by atoms with Gasteiger partial charge in [-0.3, -0.25) is 14.3 Å². The smallest absolute Gasteiger partial charge is 0.272 e. The average Bonchev–Trinajstić information content (AvgIpc) is 3.07. The molecule has 2 heterocycles. The van der Waals surface area contributed by atoms with Gasteiger partial charge in [0.2, 0.25) is 5.91 Å². The first-order valence-corrected chi connectivity index (χ1v) is 11.1. The molecule has 1 fully saturated rings. The topological polar surface area (TPSA) is 99.7 Å². The first-order chi connectivity index (χ1) is 15.1. The van der Waals surface area contributed by atoms with E-state index in [1.807, 2.05) is 19.1 Å². The molecule has 0 bridgehead atoms. The second-order valence-corrected chi connectivity index (χ2v) is 9.25. The van der Waals surface area contributed by atoms with Crippen molar-refractivity contribution >= 4 is 23.4 Å². The lowest BCUT2D eigenvalue weighted by molar-refractivity contribution is -0.142. The van der Waals surface area contributed by atoms with E-state index in [0.717, 1.165) is 17.7 Å². The lowest BCUT2D eigenvalue weighted by atomic mass is 9.97. The van der Waals surface area contributed by atoms with E-state index in [9.17, 15) is 9.59 Å². The van der Waals surface area contributed by atoms with Crippen LogP contribution in [0, 0.1) is 12.8 Å². The Kier molecular flexibility index (Phi) is 7.46. The summed E-state index contributed by atoms with van der Waals surface area (Å²) in [6.45, 7) is 7.05. The van der Waals surface area contributed by atoms with E-state index in [1.54, 1.807) is 28.8 Å². The number of carbonyl (C=O) groups is 2. The highest BCUT2D eigenvalue weighted by Crippen LogP contribution is 2.27. The minimum atomic E-state index is -1.04. The molecule has 0 unspecified atom stereocenters. The van der Waals surface area contributed by atoms with Crippen LogP contribution in [0.25, 0.3) is 0 Å². The Morgan fingerprint density at radius 1 is 1.34 bits per heavy atom. The van der Waals surface area contributed by atoms with Crippen molar-refractivity contribution in [3.8, 4) is 5.75 Å². The van der Waals surface area contributed by atoms with Crippen LogP contribution >= 0.6 is 11.6 Å². The summed E-state index contributed by atoms with van der Waals surface area (Å²) in [7, 11) is 1.76. The van der Waals surface area contributed by atoms with Gasteiger partial charge >= 0.3 is 0 Å². The SMILES string of the molecule is Cc1cc(OC[C@]2(CC(N)=O)CN(C(=O)c3cc(CC(C)C)nn3C)CCO2)ccc1Cl. The van der Waals surface area contributed by atoms with Gasteiger partial charge in [-0.2, -0.15) is 5.10 Å². The van der Waals surface area contributed by atoms with Crippen LogP contribution in [0.15, 0.2) is 24.3 Å². The van der Waals surface area contributed by atoms with Crippen LogP contribution in [-0.4, -0.2) is 58.4 Å². The highest BCUT2D eigenvalue weighted by Gasteiger charge is 2.41. The molecule has 0 aliphatic carbocycles. The van der Waals surface area contributed by atoms with Gasteiger partial charge in [0, 0.05) is 18.6 Å². The Labute approximate surface area is 193 Å². The molecule has 1 atom stereocenters. The van der Waals surface area contributed by atoms with Crippen molar-refractivity contribution in [1.29, 1.82) is 0 Å². The number of ether oxygens (including phenoxy) is 2. The van der Waals surface area contributed by atoms with Crippen LogP contribution in [0.1, 0.15) is 42.0 Å². The summed E-state index contributed by atoms with van der Waals surface area (Å²) in [5.74, 6) is 0.366. The Morgan fingerprint density at radius 2 is 2.09 bits per heavy atom. The number of aromatic nitrogens is 2. The van der Waals surface area contributed by atoms with Crippen molar-refractivity contribution in [2.24, 2.45) is 18.7 Å². The number of nitrogens with zero attached hydrogens (tertiary/aromatic N) is 3. The van der Waals surface area contributed by atoms with Gasteiger partial charge in [0.15, 0.2) is 0 Å². The summed E-state index contributed by atoms with van der Waals surface area (Å²) in [6.07, 6.45) is 0.734. The maximum atomic E-state index is 13.3. The predicted octanol–water partition coefficient (Wildman–Crippen LogP) is 2.75. The molecule has 2 amide bonds. The fraction of sp³-hybridized carbons (Fsp3) is 0.522. The van der Waals surface area contributed by atoms with Crippen molar-refractivity contribution < 1.29 is 19.1 Å². The fourth-order valence-electron chi connectivity index (χ4n) is 3.91. The van der Waals surface area contributed by atoms with Crippen LogP contribution in [0.5, 0.6) is 5.75 Å². The molecule has 8 nitrogen and oxygen atoms in total. The molecule has 2 aromatic rings. The molecule has 0 radical (unpaired) electrons. The molecule has 1 aliphatic rings. The zero-order valence-corrected chi connectivity index (χ0v) is 19.8. The van der Waals surface area contributed by atoms with Crippen LogP contribution in [0.3, 0.4) is 0 Å². The number of hydrogen-bond acceptors (Lipinski definition) is 5. The van der Waals surface area contributed by atoms with Gasteiger partial charge in [0.25, 0.3) is 5.91 Å². The van der Waals surface area contributed by atoms with Gasteiger partial charge < -0.3 is 20.1 Å². The van der Waals surface area contributed by atoms with Crippen molar-refractivity contribution in [2.45, 2.75) is 39.2 Å². The van der Waals surface area contributed by atoms with E-state index in [1.165, 1.54) is 0 Å². The summed E-state index contributed by atoms with van der Waals surface area (Å²) in [5, 5.41) is 5.11. The summed E-state index contributed by atoms with van der Waals surface area (Å²) in [6, 6.07) is 7.16. The molecule has 9 heteroatoms. The minimum absolute atomic E-state index is 0.0622. The summed E-state index contributed by atoms with van der Waals surface area (Å²) < 4.78 is 13.5. The Bertz CT molecular complexity index is 990. The number of nitrogens with two attached hydrogens (primary N) is 1. The van der Waals surface area contributed by atoms with Gasteiger partial charge in [0.05, 0.1) is 25.3 Å². The number of halogens is 1. The Hall–Kier alpha value is -2.58.